The van der Waals surface area contributed by atoms with Gasteiger partial charge in [-0.1, -0.05) is 84.4 Å². The molecule has 2 nitrogen and oxygen atoms in total. The summed E-state index contributed by atoms with van der Waals surface area (Å²) in [6.07, 6.45) is 13.7. The number of carbonyl (C=O) groups is 1. The van der Waals surface area contributed by atoms with E-state index >= 15 is 0 Å². The van der Waals surface area contributed by atoms with Crippen LogP contribution in [0.3, 0.4) is 0 Å². The molecule has 0 fully saturated rings. The summed E-state index contributed by atoms with van der Waals surface area (Å²) >= 11 is 0. The van der Waals surface area contributed by atoms with Crippen LogP contribution in [-0.4, -0.2) is 21.4 Å². The number of hydrogen-bond acceptors (Lipinski definition) is 2. The zero-order chi connectivity index (χ0) is 17.1. The van der Waals surface area contributed by atoms with Gasteiger partial charge in [-0.2, -0.15) is 0 Å². The molecule has 22 heavy (non-hydrogen) atoms. The van der Waals surface area contributed by atoms with Crippen molar-refractivity contribution < 1.29 is 9.22 Å². The predicted octanol–water partition coefficient (Wildman–Crippen LogP) is 6.46. The summed E-state index contributed by atoms with van der Waals surface area (Å²) < 4.78 is 5.85. The van der Waals surface area contributed by atoms with Gasteiger partial charge in [0.05, 0.1) is 7.59 Å². The molecule has 0 aromatic carbocycles. The smallest absolute Gasteiger partial charge is 0.292 e. The van der Waals surface area contributed by atoms with Crippen LogP contribution in [0, 0.1) is 0 Å². The van der Waals surface area contributed by atoms with Gasteiger partial charge >= 0.3 is 0 Å². The summed E-state index contributed by atoms with van der Waals surface area (Å²) in [5.41, 5.74) is 0. The first kappa shape index (κ1) is 21.9. The molecule has 0 bridgehead atoms. The lowest BCUT2D eigenvalue weighted by molar-refractivity contribution is -0.135. The maximum atomic E-state index is 12.0. The Morgan fingerprint density at radius 3 is 1.55 bits per heavy atom. The lowest BCUT2D eigenvalue weighted by Crippen LogP contribution is -2.55. The molecule has 0 rings (SSSR count). The van der Waals surface area contributed by atoms with Crippen molar-refractivity contribution in [1.29, 1.82) is 0 Å². The fourth-order valence-corrected chi connectivity index (χ4v) is 4.48. The first-order valence-corrected chi connectivity index (χ1v) is 16.8. The van der Waals surface area contributed by atoms with Crippen LogP contribution in [0.15, 0.2) is 0 Å². The minimum atomic E-state index is -1.78. The molecule has 0 heterocycles. The molecule has 0 aromatic rings. The fourth-order valence-electron chi connectivity index (χ4n) is 2.25. The van der Waals surface area contributed by atoms with Crippen LogP contribution in [0.5, 0.6) is 0 Å². The Kier molecular flexibility index (Phi) is 11.4. The van der Waals surface area contributed by atoms with Crippen LogP contribution in [0.2, 0.25) is 32.7 Å². The molecule has 0 saturated heterocycles. The summed E-state index contributed by atoms with van der Waals surface area (Å²) in [6.45, 7) is 13.6. The third-order valence-corrected chi connectivity index (χ3v) is 20.4. The van der Waals surface area contributed by atoms with E-state index in [1.54, 1.807) is 0 Å². The van der Waals surface area contributed by atoms with Crippen molar-refractivity contribution >= 4 is 21.4 Å². The highest BCUT2D eigenvalue weighted by Gasteiger charge is 2.41. The summed E-state index contributed by atoms with van der Waals surface area (Å²) in [7, 11) is -3.11. The third-order valence-electron chi connectivity index (χ3n) is 4.91. The average molecular weight is 345 g/mol. The number of unbranched alkanes of at least 4 members (excludes halogenated alkanes) is 9. The molecule has 0 atom stereocenters. The Bertz CT molecular complexity index is 296. The van der Waals surface area contributed by atoms with Crippen molar-refractivity contribution in [3.8, 4) is 0 Å². The summed E-state index contributed by atoms with van der Waals surface area (Å²) in [4.78, 5) is 12.0. The molecule has 0 radical (unpaired) electrons. The van der Waals surface area contributed by atoms with E-state index in [4.69, 9.17) is 4.43 Å². The second-order valence-corrected chi connectivity index (χ2v) is 24.0. The van der Waals surface area contributed by atoms with Crippen LogP contribution in [-0.2, 0) is 9.22 Å². The molecule has 0 aliphatic rings. The van der Waals surface area contributed by atoms with Crippen molar-refractivity contribution in [2.24, 2.45) is 0 Å². The SMILES string of the molecule is CCCCCCCCCCCCC(=O)O[Si](C)(C)[Si](C)(C)C. The lowest BCUT2D eigenvalue weighted by Gasteiger charge is -2.34. The molecule has 0 amide bonds. The van der Waals surface area contributed by atoms with Crippen LogP contribution < -0.4 is 0 Å². The quantitative estimate of drug-likeness (QED) is 0.283. The molecule has 4 heteroatoms. The summed E-state index contributed by atoms with van der Waals surface area (Å²) in [5, 5.41) is 0. The molecule has 0 aromatic heterocycles. The zero-order valence-corrected chi connectivity index (χ0v) is 18.1. The first-order valence-electron chi connectivity index (χ1n) is 9.42. The molecule has 0 aliphatic carbocycles. The normalized spacial score (nSPS) is 12.5. The highest BCUT2D eigenvalue weighted by atomic mass is 29.3. The van der Waals surface area contributed by atoms with Crippen LogP contribution in [0.1, 0.15) is 77.6 Å². The predicted molar refractivity (Wildman–Crippen MR) is 103 cm³/mol. The van der Waals surface area contributed by atoms with Gasteiger partial charge in [-0.15, -0.1) is 0 Å². The second kappa shape index (κ2) is 11.4. The van der Waals surface area contributed by atoms with Crippen LogP contribution in [0.4, 0.5) is 0 Å². The van der Waals surface area contributed by atoms with Gasteiger partial charge in [-0.25, -0.2) is 0 Å². The Hall–Kier alpha value is -0.0962. The van der Waals surface area contributed by atoms with E-state index in [1.807, 2.05) is 0 Å². The van der Waals surface area contributed by atoms with Gasteiger partial charge in [0.25, 0.3) is 5.97 Å². The molecule has 0 unspecified atom stereocenters. The number of hydrogen-bond donors (Lipinski definition) is 0. The summed E-state index contributed by atoms with van der Waals surface area (Å²) in [5.74, 6) is 0.0543. The van der Waals surface area contributed by atoms with E-state index in [9.17, 15) is 4.79 Å². The van der Waals surface area contributed by atoms with E-state index in [-0.39, 0.29) is 5.97 Å². The molecular formula is C18H40O2Si2. The zero-order valence-electron chi connectivity index (χ0n) is 16.1. The Morgan fingerprint density at radius 1 is 0.727 bits per heavy atom. The van der Waals surface area contributed by atoms with Gasteiger partial charge in [0.15, 0.2) is 0 Å². The molecule has 0 N–H and O–H groups in total. The molecule has 0 saturated carbocycles. The monoisotopic (exact) mass is 344 g/mol. The van der Waals surface area contributed by atoms with Gasteiger partial charge in [0.1, 0.15) is 0 Å². The topological polar surface area (TPSA) is 26.3 Å². The van der Waals surface area contributed by atoms with Gasteiger partial charge in [-0.05, 0) is 19.5 Å². The Morgan fingerprint density at radius 2 is 1.14 bits per heavy atom. The molecule has 0 spiro atoms. The standard InChI is InChI=1S/C18H40O2Si2/c1-7-8-9-10-11-12-13-14-15-16-17-18(19)20-22(5,6)21(2,3)4/h7-17H2,1-6H3. The van der Waals surface area contributed by atoms with E-state index in [2.05, 4.69) is 39.7 Å². The number of carbonyl (C=O) groups excluding carboxylic acids is 1. The summed E-state index contributed by atoms with van der Waals surface area (Å²) in [6, 6.07) is 0. The van der Waals surface area contributed by atoms with Crippen LogP contribution >= 0.6 is 0 Å². The largest absolute Gasteiger partial charge is 0.522 e. The van der Waals surface area contributed by atoms with E-state index < -0.39 is 15.4 Å². The van der Waals surface area contributed by atoms with E-state index in [0.717, 1.165) is 6.42 Å². The van der Waals surface area contributed by atoms with Crippen molar-refractivity contribution in [1.82, 2.24) is 0 Å². The Labute approximate surface area is 141 Å². The van der Waals surface area contributed by atoms with Crippen molar-refractivity contribution in [2.75, 3.05) is 0 Å². The van der Waals surface area contributed by atoms with E-state index in [1.165, 1.54) is 57.8 Å². The minimum absolute atomic E-state index is 0.0543. The van der Waals surface area contributed by atoms with Gasteiger partial charge in [0, 0.05) is 6.42 Å². The molecular weight excluding hydrogens is 304 g/mol. The second-order valence-electron chi connectivity index (χ2n) is 8.17. The van der Waals surface area contributed by atoms with Crippen molar-refractivity contribution in [3.63, 3.8) is 0 Å². The van der Waals surface area contributed by atoms with Gasteiger partial charge in [0.2, 0.25) is 7.83 Å². The highest BCUT2D eigenvalue weighted by Crippen LogP contribution is 2.21. The van der Waals surface area contributed by atoms with Gasteiger partial charge in [-0.3, -0.25) is 4.79 Å². The van der Waals surface area contributed by atoms with Crippen LogP contribution in [0.25, 0.3) is 0 Å². The van der Waals surface area contributed by atoms with Crippen molar-refractivity contribution in [3.05, 3.63) is 0 Å². The minimum Gasteiger partial charge on any atom is -0.522 e. The number of rotatable bonds is 13. The molecule has 132 valence electrons. The maximum Gasteiger partial charge on any atom is 0.292 e. The molecule has 0 aliphatic heterocycles. The highest BCUT2D eigenvalue weighted by molar-refractivity contribution is 7.38. The van der Waals surface area contributed by atoms with Crippen molar-refractivity contribution in [2.45, 2.75) is 110 Å². The maximum absolute atomic E-state index is 12.0. The van der Waals surface area contributed by atoms with E-state index in [0.29, 0.717) is 6.42 Å². The lowest BCUT2D eigenvalue weighted by atomic mass is 10.1. The van der Waals surface area contributed by atoms with Gasteiger partial charge < -0.3 is 4.43 Å². The average Bonchev–Trinajstić information content (AvgIpc) is 2.39. The Balaban J connectivity index is 3.54. The third kappa shape index (κ3) is 10.6. The first-order chi connectivity index (χ1) is 10.2. The fraction of sp³-hybridized carbons (Fsp3) is 0.944.